The molecule has 0 aliphatic carbocycles. The van der Waals surface area contributed by atoms with Crippen molar-refractivity contribution in [3.05, 3.63) is 81.9 Å². The van der Waals surface area contributed by atoms with E-state index in [4.69, 9.17) is 0 Å². The van der Waals surface area contributed by atoms with E-state index < -0.39 is 0 Å². The summed E-state index contributed by atoms with van der Waals surface area (Å²) in [7, 11) is 0. The lowest BCUT2D eigenvalue weighted by molar-refractivity contribution is -0.117. The van der Waals surface area contributed by atoms with Crippen molar-refractivity contribution >= 4 is 35.0 Å². The molecule has 2 aromatic carbocycles. The molecule has 60 heavy (non-hydrogen) atoms. The third-order valence-electron chi connectivity index (χ3n) is 12.2. The first-order valence-corrected chi connectivity index (χ1v) is 24.2. The van der Waals surface area contributed by atoms with Crippen LogP contribution in [0.1, 0.15) is 214 Å². The third-order valence-corrected chi connectivity index (χ3v) is 12.2. The summed E-state index contributed by atoms with van der Waals surface area (Å²) in [4.78, 5) is 59.6. The molecule has 330 valence electrons. The number of carbonyl (C=O) groups is 4. The summed E-state index contributed by atoms with van der Waals surface area (Å²) in [6.07, 6.45) is 27.9. The second-order valence-electron chi connectivity index (χ2n) is 17.2. The molecule has 0 bridgehead atoms. The van der Waals surface area contributed by atoms with Crippen molar-refractivity contribution in [3.63, 3.8) is 0 Å². The number of hydrogen-bond donors (Lipinski definition) is 2. The first kappa shape index (κ1) is 48.5. The van der Waals surface area contributed by atoms with Crippen LogP contribution in [0.4, 0.5) is 0 Å². The summed E-state index contributed by atoms with van der Waals surface area (Å²) in [5, 5.41) is 5.95. The number of nitrogens with one attached hydrogen (secondary N) is 2. The summed E-state index contributed by atoms with van der Waals surface area (Å²) >= 11 is 0. The van der Waals surface area contributed by atoms with Crippen molar-refractivity contribution in [1.82, 2.24) is 20.4 Å². The van der Waals surface area contributed by atoms with Crippen LogP contribution < -0.4 is 10.6 Å². The van der Waals surface area contributed by atoms with Crippen molar-refractivity contribution < 1.29 is 19.2 Å². The minimum Gasteiger partial charge on any atom is -0.339 e. The Morgan fingerprint density at radius 1 is 0.417 bits per heavy atom. The number of fused-ring (bicyclic) bond motifs is 1. The lowest BCUT2D eigenvalue weighted by Gasteiger charge is -2.23. The maximum absolute atomic E-state index is 14.1. The highest BCUT2D eigenvalue weighted by Crippen LogP contribution is 2.38. The molecule has 0 unspecified atom stereocenters. The average molecular weight is 823 g/mol. The molecule has 0 aromatic heterocycles. The molecular weight excluding hydrogens is 745 g/mol. The van der Waals surface area contributed by atoms with Crippen LogP contribution in [-0.4, -0.2) is 59.6 Å². The van der Waals surface area contributed by atoms with E-state index in [-0.39, 0.29) is 34.8 Å². The molecular formula is C52H78N4O4. The Hall–Kier alpha value is -4.20. The second-order valence-corrected chi connectivity index (χ2v) is 17.2. The molecule has 4 amide bonds. The molecule has 2 N–H and O–H groups in total. The minimum atomic E-state index is -0.373. The monoisotopic (exact) mass is 823 g/mol. The molecule has 0 spiro atoms. The van der Waals surface area contributed by atoms with Crippen LogP contribution in [0.25, 0.3) is 11.4 Å². The number of nitrogens with zero attached hydrogens (tertiary/aromatic N) is 2. The highest BCUT2D eigenvalue weighted by atomic mass is 16.2. The van der Waals surface area contributed by atoms with Gasteiger partial charge in [-0.25, -0.2) is 0 Å². The fraction of sp³-hybridized carbons (Fsp3) is 0.615. The van der Waals surface area contributed by atoms with Gasteiger partial charge in [0, 0.05) is 37.3 Å². The number of hydrogen-bond acceptors (Lipinski definition) is 4. The van der Waals surface area contributed by atoms with Gasteiger partial charge in [0.15, 0.2) is 0 Å². The van der Waals surface area contributed by atoms with E-state index in [1.807, 2.05) is 58.3 Å². The zero-order valence-electron chi connectivity index (χ0n) is 37.9. The quantitative estimate of drug-likeness (QED) is 0.0718. The number of unbranched alkanes of at least 4 members (excludes halogenated alkanes) is 20. The largest absolute Gasteiger partial charge is 0.339 e. The average Bonchev–Trinajstić information content (AvgIpc) is 3.80. The van der Waals surface area contributed by atoms with Crippen molar-refractivity contribution in [2.24, 2.45) is 0 Å². The zero-order chi connectivity index (χ0) is 43.0. The van der Waals surface area contributed by atoms with Gasteiger partial charge in [-0.1, -0.05) is 180 Å². The lowest BCUT2D eigenvalue weighted by Crippen LogP contribution is -2.33. The molecule has 0 fully saturated rings. The van der Waals surface area contributed by atoms with Crippen molar-refractivity contribution in [2.75, 3.05) is 26.2 Å². The normalized spacial score (nSPS) is 13.5. The van der Waals surface area contributed by atoms with E-state index in [9.17, 15) is 19.2 Å². The van der Waals surface area contributed by atoms with Gasteiger partial charge in [0.1, 0.15) is 0 Å². The molecule has 2 aromatic rings. The van der Waals surface area contributed by atoms with Gasteiger partial charge in [0.05, 0.1) is 22.5 Å². The Bertz CT molecular complexity index is 1570. The van der Waals surface area contributed by atoms with Gasteiger partial charge < -0.3 is 20.4 Å². The molecule has 2 heterocycles. The summed E-state index contributed by atoms with van der Waals surface area (Å²) in [5.74, 6) is -0.765. The maximum atomic E-state index is 14.1. The molecule has 0 atom stereocenters. The Morgan fingerprint density at radius 2 is 0.700 bits per heavy atom. The predicted octanol–water partition coefficient (Wildman–Crippen LogP) is 12.4. The SMILES string of the molecule is CCCCCCCCN(CCCCCCCC)C(=O)c1cccc(C2=C3C(=O)NC(c4cccc(C(=O)N(CCCCCCCC)CCCCCCCC)c4)=C3C(=O)N2)c1. The van der Waals surface area contributed by atoms with E-state index in [0.29, 0.717) is 33.6 Å². The molecule has 8 nitrogen and oxygen atoms in total. The fourth-order valence-electron chi connectivity index (χ4n) is 8.56. The first-order chi connectivity index (χ1) is 29.3. The zero-order valence-corrected chi connectivity index (χ0v) is 37.9. The van der Waals surface area contributed by atoms with E-state index in [1.54, 1.807) is 0 Å². The Morgan fingerprint density at radius 3 is 1.00 bits per heavy atom. The standard InChI is InChI=1S/C52H78N4O4/c1-5-9-13-17-21-25-35-55(36-26-22-18-14-10-6-2)51(59)43-33-29-31-41(39-43)47-45-46(50(58)53-47)48(54-49(45)57)42-32-30-34-44(40-42)52(60)56(37-27-23-19-15-11-7-3)38-28-24-20-16-12-8-4/h29-34,39-40H,5-28,35-38H2,1-4H3,(H,53,58)(H,54,57). The van der Waals surface area contributed by atoms with Gasteiger partial charge in [0.2, 0.25) is 0 Å². The van der Waals surface area contributed by atoms with Crippen molar-refractivity contribution in [3.8, 4) is 0 Å². The summed E-state index contributed by atoms with van der Waals surface area (Å²) in [5.41, 5.74) is 3.73. The van der Waals surface area contributed by atoms with Crippen molar-refractivity contribution in [1.29, 1.82) is 0 Å². The van der Waals surface area contributed by atoms with Gasteiger partial charge in [-0.05, 0) is 61.1 Å². The van der Waals surface area contributed by atoms with E-state index >= 15 is 0 Å². The van der Waals surface area contributed by atoms with Gasteiger partial charge in [0.25, 0.3) is 23.6 Å². The highest BCUT2D eigenvalue weighted by molar-refractivity contribution is 6.30. The topological polar surface area (TPSA) is 98.8 Å². The maximum Gasteiger partial charge on any atom is 0.258 e. The Kier molecular flexibility index (Phi) is 22.3. The van der Waals surface area contributed by atoms with E-state index in [2.05, 4.69) is 38.3 Å². The van der Waals surface area contributed by atoms with Crippen LogP contribution in [0.2, 0.25) is 0 Å². The lowest BCUT2D eigenvalue weighted by atomic mass is 9.99. The second kappa shape index (κ2) is 27.6. The minimum absolute atomic E-state index is 0.00951. The van der Waals surface area contributed by atoms with Crippen LogP contribution in [-0.2, 0) is 9.59 Å². The molecule has 4 rings (SSSR count). The van der Waals surface area contributed by atoms with Crippen LogP contribution in [0.3, 0.4) is 0 Å². The number of carbonyl (C=O) groups excluding carboxylic acids is 4. The Labute approximate surface area is 363 Å². The predicted molar refractivity (Wildman–Crippen MR) is 248 cm³/mol. The van der Waals surface area contributed by atoms with Crippen LogP contribution in [0.5, 0.6) is 0 Å². The summed E-state index contributed by atoms with van der Waals surface area (Å²) < 4.78 is 0. The number of amides is 4. The molecule has 2 aliphatic rings. The summed E-state index contributed by atoms with van der Waals surface area (Å²) in [6.45, 7) is 11.8. The van der Waals surface area contributed by atoms with E-state index in [0.717, 1.165) is 77.5 Å². The van der Waals surface area contributed by atoms with E-state index in [1.165, 1.54) is 103 Å². The molecule has 0 saturated heterocycles. The van der Waals surface area contributed by atoms with Crippen LogP contribution >= 0.6 is 0 Å². The Balaban J connectivity index is 1.53. The fourth-order valence-corrected chi connectivity index (χ4v) is 8.56. The number of benzene rings is 2. The van der Waals surface area contributed by atoms with Crippen molar-refractivity contribution in [2.45, 2.75) is 182 Å². The highest BCUT2D eigenvalue weighted by Gasteiger charge is 2.41. The van der Waals surface area contributed by atoms with Gasteiger partial charge in [-0.3, -0.25) is 19.2 Å². The molecule has 8 heteroatoms. The van der Waals surface area contributed by atoms with Gasteiger partial charge in [-0.15, -0.1) is 0 Å². The molecule has 2 aliphatic heterocycles. The first-order valence-electron chi connectivity index (χ1n) is 24.2. The smallest absolute Gasteiger partial charge is 0.258 e. The van der Waals surface area contributed by atoms with Crippen LogP contribution in [0.15, 0.2) is 59.7 Å². The van der Waals surface area contributed by atoms with Gasteiger partial charge >= 0.3 is 0 Å². The third kappa shape index (κ3) is 15.1. The molecule has 0 saturated carbocycles. The number of rotatable bonds is 32. The summed E-state index contributed by atoms with van der Waals surface area (Å²) in [6, 6.07) is 14.7. The molecule has 0 radical (unpaired) electrons. The van der Waals surface area contributed by atoms with Gasteiger partial charge in [-0.2, -0.15) is 0 Å². The van der Waals surface area contributed by atoms with Crippen LogP contribution in [0, 0.1) is 0 Å².